The van der Waals surface area contributed by atoms with Crippen LogP contribution >= 0.6 is 27.3 Å². The SMILES string of the molecule is O=c1[nH]c([C@@H]2CC3CCN2CC3)nc2cc(Br)sc12. The van der Waals surface area contributed by atoms with Gasteiger partial charge in [-0.2, -0.15) is 0 Å². The number of aromatic amines is 1. The summed E-state index contributed by atoms with van der Waals surface area (Å²) in [5.41, 5.74) is 0.816. The molecular formula is C13H14BrN3OS. The zero-order chi connectivity index (χ0) is 13.0. The fraction of sp³-hybridized carbons (Fsp3) is 0.538. The van der Waals surface area contributed by atoms with Crippen molar-refractivity contribution in [3.8, 4) is 0 Å². The molecule has 19 heavy (non-hydrogen) atoms. The zero-order valence-corrected chi connectivity index (χ0v) is 12.8. The van der Waals surface area contributed by atoms with Crippen molar-refractivity contribution in [1.29, 1.82) is 0 Å². The van der Waals surface area contributed by atoms with Crippen molar-refractivity contribution in [2.45, 2.75) is 25.3 Å². The summed E-state index contributed by atoms with van der Waals surface area (Å²) in [5.74, 6) is 1.66. The van der Waals surface area contributed by atoms with Gasteiger partial charge in [-0.05, 0) is 60.3 Å². The van der Waals surface area contributed by atoms with Gasteiger partial charge >= 0.3 is 0 Å². The Morgan fingerprint density at radius 3 is 2.89 bits per heavy atom. The second kappa shape index (κ2) is 4.40. The van der Waals surface area contributed by atoms with E-state index in [9.17, 15) is 4.79 Å². The van der Waals surface area contributed by atoms with Crippen LogP contribution in [-0.2, 0) is 0 Å². The van der Waals surface area contributed by atoms with Crippen LogP contribution in [-0.4, -0.2) is 28.0 Å². The predicted molar refractivity (Wildman–Crippen MR) is 79.6 cm³/mol. The Balaban J connectivity index is 1.81. The molecule has 3 saturated heterocycles. The largest absolute Gasteiger partial charge is 0.308 e. The highest BCUT2D eigenvalue weighted by Crippen LogP contribution is 2.39. The second-order valence-electron chi connectivity index (χ2n) is 5.45. The molecule has 0 aromatic carbocycles. The molecule has 3 aliphatic rings. The maximum atomic E-state index is 12.1. The summed E-state index contributed by atoms with van der Waals surface area (Å²) in [6, 6.07) is 2.25. The lowest BCUT2D eigenvalue weighted by Gasteiger charge is -2.44. The summed E-state index contributed by atoms with van der Waals surface area (Å²) >= 11 is 4.87. The van der Waals surface area contributed by atoms with Crippen LogP contribution in [0.3, 0.4) is 0 Å². The van der Waals surface area contributed by atoms with E-state index in [-0.39, 0.29) is 5.56 Å². The number of fused-ring (bicyclic) bond motifs is 4. The number of aromatic nitrogens is 2. The number of nitrogens with one attached hydrogen (secondary N) is 1. The lowest BCUT2D eigenvalue weighted by atomic mass is 9.83. The van der Waals surface area contributed by atoms with E-state index >= 15 is 0 Å². The van der Waals surface area contributed by atoms with Gasteiger partial charge in [-0.25, -0.2) is 4.98 Å². The molecule has 6 heteroatoms. The molecule has 5 heterocycles. The topological polar surface area (TPSA) is 49.0 Å². The summed E-state index contributed by atoms with van der Waals surface area (Å²) in [6.45, 7) is 2.29. The maximum absolute atomic E-state index is 12.1. The van der Waals surface area contributed by atoms with E-state index in [1.807, 2.05) is 6.07 Å². The van der Waals surface area contributed by atoms with Gasteiger partial charge in [0.2, 0.25) is 0 Å². The molecule has 2 bridgehead atoms. The highest BCUT2D eigenvalue weighted by atomic mass is 79.9. The van der Waals surface area contributed by atoms with Gasteiger partial charge in [0.05, 0.1) is 15.3 Å². The Morgan fingerprint density at radius 1 is 1.42 bits per heavy atom. The first kappa shape index (κ1) is 12.1. The molecule has 2 aromatic rings. The number of thiophene rings is 1. The number of piperidine rings is 3. The second-order valence-corrected chi connectivity index (χ2v) is 7.88. The minimum atomic E-state index is -0.00153. The smallest absolute Gasteiger partial charge is 0.268 e. The van der Waals surface area contributed by atoms with E-state index in [0.29, 0.717) is 10.7 Å². The van der Waals surface area contributed by atoms with E-state index in [2.05, 4.69) is 30.8 Å². The average molecular weight is 340 g/mol. The molecule has 2 aromatic heterocycles. The number of hydrogen-bond donors (Lipinski definition) is 1. The van der Waals surface area contributed by atoms with Crippen LogP contribution in [0, 0.1) is 5.92 Å². The van der Waals surface area contributed by atoms with Crippen LogP contribution in [0.25, 0.3) is 10.2 Å². The van der Waals surface area contributed by atoms with E-state index < -0.39 is 0 Å². The number of hydrogen-bond acceptors (Lipinski definition) is 4. The first-order valence-electron chi connectivity index (χ1n) is 6.64. The molecule has 3 aliphatic heterocycles. The van der Waals surface area contributed by atoms with Gasteiger partial charge in [-0.3, -0.25) is 9.69 Å². The van der Waals surface area contributed by atoms with Crippen molar-refractivity contribution in [1.82, 2.24) is 14.9 Å². The van der Waals surface area contributed by atoms with Gasteiger partial charge in [0, 0.05) is 0 Å². The van der Waals surface area contributed by atoms with Crippen molar-refractivity contribution in [2.24, 2.45) is 5.92 Å². The molecule has 0 radical (unpaired) electrons. The molecule has 0 saturated carbocycles. The van der Waals surface area contributed by atoms with Gasteiger partial charge in [0.1, 0.15) is 10.5 Å². The van der Waals surface area contributed by atoms with Gasteiger partial charge in [-0.15, -0.1) is 11.3 Å². The molecule has 1 N–H and O–H groups in total. The first-order chi connectivity index (χ1) is 9.20. The van der Waals surface area contributed by atoms with Crippen LogP contribution in [0.4, 0.5) is 0 Å². The molecule has 5 rings (SSSR count). The average Bonchev–Trinajstić information content (AvgIpc) is 2.81. The first-order valence-corrected chi connectivity index (χ1v) is 8.25. The van der Waals surface area contributed by atoms with Crippen molar-refractivity contribution < 1.29 is 0 Å². The molecule has 0 aliphatic carbocycles. The lowest BCUT2D eigenvalue weighted by molar-refractivity contribution is 0.0445. The summed E-state index contributed by atoms with van der Waals surface area (Å²) < 4.78 is 1.68. The highest BCUT2D eigenvalue weighted by molar-refractivity contribution is 9.11. The molecule has 0 unspecified atom stereocenters. The van der Waals surface area contributed by atoms with Crippen molar-refractivity contribution in [3.05, 3.63) is 26.0 Å². The summed E-state index contributed by atoms with van der Waals surface area (Å²) in [4.78, 5) is 22.3. The standard InChI is InChI=1S/C13H14BrN3OS/c14-10-6-8-11(19-10)13(18)16-12(15-8)9-5-7-1-3-17(9)4-2-7/h6-7,9H,1-5H2,(H,15,16,18)/t9-/m0/s1. The van der Waals surface area contributed by atoms with Crippen molar-refractivity contribution in [2.75, 3.05) is 13.1 Å². The Morgan fingerprint density at radius 2 is 2.21 bits per heavy atom. The zero-order valence-electron chi connectivity index (χ0n) is 10.4. The Labute approximate surface area is 123 Å². The van der Waals surface area contributed by atoms with Crippen LogP contribution < -0.4 is 5.56 Å². The van der Waals surface area contributed by atoms with E-state index in [1.165, 1.54) is 24.2 Å². The monoisotopic (exact) mass is 339 g/mol. The number of H-pyrrole nitrogens is 1. The van der Waals surface area contributed by atoms with Crippen LogP contribution in [0.1, 0.15) is 31.1 Å². The van der Waals surface area contributed by atoms with Crippen LogP contribution in [0.5, 0.6) is 0 Å². The third kappa shape index (κ3) is 1.97. The van der Waals surface area contributed by atoms with E-state index in [0.717, 1.165) is 40.6 Å². The molecule has 0 spiro atoms. The fourth-order valence-corrected chi connectivity index (χ4v) is 4.76. The number of nitrogens with zero attached hydrogens (tertiary/aromatic N) is 2. The number of halogens is 1. The Hall–Kier alpha value is -0.720. The molecule has 100 valence electrons. The minimum Gasteiger partial charge on any atom is -0.308 e. The Bertz CT molecular complexity index is 687. The normalized spacial score (nSPS) is 30.1. The van der Waals surface area contributed by atoms with Gasteiger partial charge in [-0.1, -0.05) is 0 Å². The van der Waals surface area contributed by atoms with Gasteiger partial charge in [0.15, 0.2) is 0 Å². The van der Waals surface area contributed by atoms with Crippen molar-refractivity contribution >= 4 is 37.5 Å². The summed E-state index contributed by atoms with van der Waals surface area (Å²) in [6.07, 6.45) is 3.74. The number of rotatable bonds is 1. The predicted octanol–water partition coefficient (Wildman–Crippen LogP) is 2.90. The van der Waals surface area contributed by atoms with Crippen molar-refractivity contribution in [3.63, 3.8) is 0 Å². The molecule has 3 fully saturated rings. The highest BCUT2D eigenvalue weighted by Gasteiger charge is 2.35. The van der Waals surface area contributed by atoms with E-state index in [4.69, 9.17) is 0 Å². The third-order valence-electron chi connectivity index (χ3n) is 4.33. The quantitative estimate of drug-likeness (QED) is 0.868. The maximum Gasteiger partial charge on any atom is 0.268 e. The Kier molecular flexibility index (Phi) is 2.79. The molecule has 4 nitrogen and oxygen atoms in total. The molecule has 0 amide bonds. The molecular weight excluding hydrogens is 326 g/mol. The van der Waals surface area contributed by atoms with Crippen LogP contribution in [0.15, 0.2) is 14.6 Å². The summed E-state index contributed by atoms with van der Waals surface area (Å²) in [7, 11) is 0. The van der Waals surface area contributed by atoms with Gasteiger partial charge in [0.25, 0.3) is 5.56 Å². The lowest BCUT2D eigenvalue weighted by Crippen LogP contribution is -2.44. The molecule has 1 atom stereocenters. The third-order valence-corrected chi connectivity index (χ3v) is 5.96. The minimum absolute atomic E-state index is 0.00153. The van der Waals surface area contributed by atoms with Gasteiger partial charge < -0.3 is 4.98 Å². The fourth-order valence-electron chi connectivity index (χ4n) is 3.34. The van der Waals surface area contributed by atoms with Crippen LogP contribution in [0.2, 0.25) is 0 Å². The summed E-state index contributed by atoms with van der Waals surface area (Å²) in [5, 5.41) is 0. The van der Waals surface area contributed by atoms with E-state index in [1.54, 1.807) is 0 Å².